The Kier molecular flexibility index (Phi) is 3.58. The third kappa shape index (κ3) is 2.67. The van der Waals surface area contributed by atoms with E-state index >= 15 is 0 Å². The Labute approximate surface area is 121 Å². The number of hydrogen-bond donors (Lipinski definition) is 0. The van der Waals surface area contributed by atoms with E-state index in [4.69, 9.17) is 4.74 Å². The standard InChI is InChI=1S/C14H18BrN3O/c1-14(7-5-11(15)6-8-14)13-16-10-18(17-13)12-4-2-3-9-19-12/h5-7,10,12H,2-4,8-9H2,1H3. The van der Waals surface area contributed by atoms with Crippen molar-refractivity contribution in [1.29, 1.82) is 0 Å². The second-order valence-corrected chi connectivity index (χ2v) is 6.33. The molecule has 0 amide bonds. The largest absolute Gasteiger partial charge is 0.356 e. The molecule has 19 heavy (non-hydrogen) atoms. The average molecular weight is 324 g/mol. The first-order valence-corrected chi connectivity index (χ1v) is 7.55. The van der Waals surface area contributed by atoms with Crippen molar-refractivity contribution in [2.24, 2.45) is 0 Å². The third-order valence-corrected chi connectivity index (χ3v) is 4.39. The van der Waals surface area contributed by atoms with Gasteiger partial charge in [0.25, 0.3) is 0 Å². The predicted octanol–water partition coefficient (Wildman–Crippen LogP) is 3.47. The Bertz CT molecular complexity index is 517. The van der Waals surface area contributed by atoms with Crippen molar-refractivity contribution >= 4 is 15.9 Å². The molecule has 4 nitrogen and oxygen atoms in total. The molecule has 0 N–H and O–H groups in total. The smallest absolute Gasteiger partial charge is 0.160 e. The van der Waals surface area contributed by atoms with Crippen LogP contribution in [0.3, 0.4) is 0 Å². The number of nitrogens with zero attached hydrogens (tertiary/aromatic N) is 3. The molecule has 102 valence electrons. The minimum absolute atomic E-state index is 0.0634. The highest BCUT2D eigenvalue weighted by Crippen LogP contribution is 2.33. The fourth-order valence-corrected chi connectivity index (χ4v) is 2.78. The van der Waals surface area contributed by atoms with Gasteiger partial charge in [-0.05, 0) is 32.6 Å². The van der Waals surface area contributed by atoms with Gasteiger partial charge in [0.2, 0.25) is 0 Å². The Hall–Kier alpha value is -0.940. The van der Waals surface area contributed by atoms with Crippen LogP contribution >= 0.6 is 15.9 Å². The molecule has 1 aliphatic heterocycles. The van der Waals surface area contributed by atoms with Crippen LogP contribution in [0.25, 0.3) is 0 Å². The first-order valence-electron chi connectivity index (χ1n) is 6.75. The van der Waals surface area contributed by atoms with Crippen molar-refractivity contribution in [2.75, 3.05) is 6.61 Å². The molecule has 2 atom stereocenters. The van der Waals surface area contributed by atoms with Gasteiger partial charge in [-0.1, -0.05) is 34.2 Å². The van der Waals surface area contributed by atoms with Crippen LogP contribution in [-0.4, -0.2) is 21.4 Å². The Balaban J connectivity index is 1.79. The van der Waals surface area contributed by atoms with Crippen molar-refractivity contribution in [2.45, 2.75) is 44.2 Å². The maximum atomic E-state index is 5.74. The van der Waals surface area contributed by atoms with Crippen molar-refractivity contribution < 1.29 is 4.74 Å². The van der Waals surface area contributed by atoms with Crippen LogP contribution in [-0.2, 0) is 10.2 Å². The van der Waals surface area contributed by atoms with Gasteiger partial charge in [0, 0.05) is 11.1 Å². The minimum Gasteiger partial charge on any atom is -0.356 e. The number of allylic oxidation sites excluding steroid dienone is 4. The molecule has 5 heteroatoms. The van der Waals surface area contributed by atoms with Crippen LogP contribution in [0.1, 0.15) is 44.7 Å². The molecular formula is C14H18BrN3O. The van der Waals surface area contributed by atoms with E-state index in [0.29, 0.717) is 0 Å². The summed E-state index contributed by atoms with van der Waals surface area (Å²) in [7, 11) is 0. The number of ether oxygens (including phenoxy) is 1. The molecule has 1 aromatic rings. The van der Waals surface area contributed by atoms with Gasteiger partial charge in [-0.2, -0.15) is 5.10 Å². The van der Waals surface area contributed by atoms with Gasteiger partial charge in [-0.25, -0.2) is 9.67 Å². The fraction of sp³-hybridized carbons (Fsp3) is 0.571. The molecule has 1 fully saturated rings. The second-order valence-electron chi connectivity index (χ2n) is 5.41. The van der Waals surface area contributed by atoms with E-state index in [1.807, 2.05) is 4.68 Å². The van der Waals surface area contributed by atoms with E-state index in [0.717, 1.165) is 36.2 Å². The Morgan fingerprint density at radius 1 is 1.47 bits per heavy atom. The summed E-state index contributed by atoms with van der Waals surface area (Å²) in [5.41, 5.74) is -0.114. The van der Waals surface area contributed by atoms with Gasteiger partial charge in [-0.3, -0.25) is 0 Å². The molecule has 0 spiro atoms. The molecule has 0 bridgehead atoms. The molecule has 1 aliphatic carbocycles. The second kappa shape index (κ2) is 5.21. The van der Waals surface area contributed by atoms with Crippen LogP contribution < -0.4 is 0 Å². The summed E-state index contributed by atoms with van der Waals surface area (Å²) in [6.45, 7) is 2.99. The number of hydrogen-bond acceptors (Lipinski definition) is 3. The first kappa shape index (κ1) is 13.1. The highest BCUT2D eigenvalue weighted by atomic mass is 79.9. The fourth-order valence-electron chi connectivity index (χ4n) is 2.48. The normalized spacial score (nSPS) is 31.3. The van der Waals surface area contributed by atoms with Gasteiger partial charge < -0.3 is 4.74 Å². The molecule has 0 saturated carbocycles. The Morgan fingerprint density at radius 3 is 3.05 bits per heavy atom. The summed E-state index contributed by atoms with van der Waals surface area (Å²) in [5, 5.41) is 4.64. The summed E-state index contributed by atoms with van der Waals surface area (Å²) in [5.74, 6) is 0.870. The molecule has 2 unspecified atom stereocenters. The lowest BCUT2D eigenvalue weighted by Crippen LogP contribution is -2.23. The van der Waals surface area contributed by atoms with Crippen molar-refractivity contribution in [1.82, 2.24) is 14.8 Å². The van der Waals surface area contributed by atoms with E-state index in [9.17, 15) is 0 Å². The van der Waals surface area contributed by atoms with Crippen LogP contribution in [0.4, 0.5) is 0 Å². The van der Waals surface area contributed by atoms with E-state index < -0.39 is 0 Å². The summed E-state index contributed by atoms with van der Waals surface area (Å²) >= 11 is 3.49. The lowest BCUT2D eigenvalue weighted by atomic mass is 9.83. The lowest BCUT2D eigenvalue weighted by molar-refractivity contribution is -0.0399. The van der Waals surface area contributed by atoms with Crippen LogP contribution in [0.5, 0.6) is 0 Å². The number of aromatic nitrogens is 3. The van der Waals surface area contributed by atoms with Gasteiger partial charge in [0.1, 0.15) is 6.33 Å². The average Bonchev–Trinajstić information content (AvgIpc) is 2.94. The lowest BCUT2D eigenvalue weighted by Gasteiger charge is -2.25. The Morgan fingerprint density at radius 2 is 2.37 bits per heavy atom. The highest BCUT2D eigenvalue weighted by molar-refractivity contribution is 9.11. The van der Waals surface area contributed by atoms with Crippen molar-refractivity contribution in [3.8, 4) is 0 Å². The predicted molar refractivity (Wildman–Crippen MR) is 77.0 cm³/mol. The van der Waals surface area contributed by atoms with Crippen LogP contribution in [0.2, 0.25) is 0 Å². The zero-order valence-electron chi connectivity index (χ0n) is 11.1. The highest BCUT2D eigenvalue weighted by Gasteiger charge is 2.30. The molecule has 3 rings (SSSR count). The van der Waals surface area contributed by atoms with Gasteiger partial charge >= 0.3 is 0 Å². The van der Waals surface area contributed by atoms with E-state index in [1.54, 1.807) is 6.33 Å². The quantitative estimate of drug-likeness (QED) is 0.836. The molecule has 0 aromatic carbocycles. The van der Waals surface area contributed by atoms with Crippen molar-refractivity contribution in [3.05, 3.63) is 34.9 Å². The van der Waals surface area contributed by atoms with E-state index in [1.165, 1.54) is 6.42 Å². The minimum atomic E-state index is -0.114. The first-order chi connectivity index (χ1) is 9.17. The van der Waals surface area contributed by atoms with Gasteiger partial charge in [-0.15, -0.1) is 0 Å². The number of rotatable bonds is 2. The van der Waals surface area contributed by atoms with Gasteiger partial charge in [0.05, 0.1) is 5.41 Å². The molecule has 2 aliphatic rings. The number of halogens is 1. The molecule has 2 heterocycles. The van der Waals surface area contributed by atoms with Crippen LogP contribution in [0.15, 0.2) is 29.0 Å². The molecule has 1 saturated heterocycles. The molecular weight excluding hydrogens is 306 g/mol. The van der Waals surface area contributed by atoms with Crippen LogP contribution in [0, 0.1) is 0 Å². The van der Waals surface area contributed by atoms with E-state index in [2.05, 4.69) is 51.2 Å². The summed E-state index contributed by atoms with van der Waals surface area (Å²) in [6.07, 6.45) is 12.6. The monoisotopic (exact) mass is 323 g/mol. The summed E-state index contributed by atoms with van der Waals surface area (Å²) in [6, 6.07) is 0. The van der Waals surface area contributed by atoms with Crippen molar-refractivity contribution in [3.63, 3.8) is 0 Å². The topological polar surface area (TPSA) is 39.9 Å². The van der Waals surface area contributed by atoms with E-state index in [-0.39, 0.29) is 11.6 Å². The maximum absolute atomic E-state index is 5.74. The zero-order chi connectivity index (χ0) is 13.3. The summed E-state index contributed by atoms with van der Waals surface area (Å²) < 4.78 is 8.74. The zero-order valence-corrected chi connectivity index (χ0v) is 12.6. The maximum Gasteiger partial charge on any atom is 0.160 e. The molecule has 1 aromatic heterocycles. The SMILES string of the molecule is CC1(c2ncn(C3CCCCO3)n2)C=CC(Br)=CC1. The molecule has 0 radical (unpaired) electrons. The third-order valence-electron chi connectivity index (χ3n) is 3.80. The van der Waals surface area contributed by atoms with Gasteiger partial charge in [0.15, 0.2) is 12.1 Å². The summed E-state index contributed by atoms with van der Waals surface area (Å²) in [4.78, 5) is 4.49.